The first kappa shape index (κ1) is 12.9. The van der Waals surface area contributed by atoms with E-state index in [0.29, 0.717) is 0 Å². The molecular formula is C8H9N3O5S2. The van der Waals surface area contributed by atoms with Gasteiger partial charge in [0.2, 0.25) is 0 Å². The summed E-state index contributed by atoms with van der Waals surface area (Å²) in [4.78, 5) is 22.0. The van der Waals surface area contributed by atoms with Crippen LogP contribution in [0.25, 0.3) is 0 Å². The third-order valence-electron chi connectivity index (χ3n) is 2.24. The van der Waals surface area contributed by atoms with Crippen molar-refractivity contribution in [3.8, 4) is 0 Å². The summed E-state index contributed by atoms with van der Waals surface area (Å²) < 4.78 is 23.7. The van der Waals surface area contributed by atoms with Gasteiger partial charge in [0.05, 0.1) is 17.5 Å². The van der Waals surface area contributed by atoms with Gasteiger partial charge in [-0.05, 0) is 6.08 Å². The lowest BCUT2D eigenvalue weighted by atomic mass is 10.3. The topological polar surface area (TPSA) is 122 Å². The van der Waals surface area contributed by atoms with E-state index in [1.807, 2.05) is 0 Å². The molecule has 1 aromatic heterocycles. The number of nitrogens with zero attached hydrogens (tertiary/aromatic N) is 2. The monoisotopic (exact) mass is 291 g/mol. The molecule has 0 saturated carbocycles. The van der Waals surface area contributed by atoms with Crippen LogP contribution in [0.5, 0.6) is 0 Å². The van der Waals surface area contributed by atoms with Crippen LogP contribution in [0.3, 0.4) is 0 Å². The Bertz CT molecular complexity index is 657. The Balaban J connectivity index is 2.28. The van der Waals surface area contributed by atoms with E-state index < -0.39 is 27.5 Å². The highest BCUT2D eigenvalue weighted by Crippen LogP contribution is 2.23. The molecule has 0 saturated heterocycles. The number of carboxylic acid groups (broad SMARTS) is 1. The van der Waals surface area contributed by atoms with Gasteiger partial charge in [0.1, 0.15) is 0 Å². The number of hydrogen-bond acceptors (Lipinski definition) is 6. The van der Waals surface area contributed by atoms with Crippen LogP contribution in [0.1, 0.15) is 6.04 Å². The molecule has 1 aliphatic heterocycles. The van der Waals surface area contributed by atoms with E-state index in [9.17, 15) is 18.0 Å². The molecule has 2 heterocycles. The first-order valence-corrected chi connectivity index (χ1v) is 7.51. The predicted molar refractivity (Wildman–Crippen MR) is 63.2 cm³/mol. The Hall–Kier alpha value is -1.55. The highest BCUT2D eigenvalue weighted by molar-refractivity contribution is 7.99. The van der Waals surface area contributed by atoms with Crippen LogP contribution in [-0.4, -0.2) is 45.8 Å². The number of hydrogen-bond donors (Lipinski definition) is 2. The average molecular weight is 291 g/mol. The summed E-state index contributed by atoms with van der Waals surface area (Å²) >= 11 is 0.855. The minimum Gasteiger partial charge on any atom is -0.481 e. The molecule has 10 heteroatoms. The van der Waals surface area contributed by atoms with E-state index in [1.54, 1.807) is 0 Å². The standard InChI is InChI=1S/C8H9N3O5S2/c12-6(13)3-17-8-10-9-7(14)11(8)5-1-2-18(15,16)4-5/h1-2,5H,3-4H2,(H,9,14)(H,12,13). The summed E-state index contributed by atoms with van der Waals surface area (Å²) in [5, 5.41) is 15.6. The van der Waals surface area contributed by atoms with Crippen molar-refractivity contribution in [1.29, 1.82) is 0 Å². The lowest BCUT2D eigenvalue weighted by molar-refractivity contribution is -0.133. The molecule has 0 radical (unpaired) electrons. The molecule has 0 spiro atoms. The molecule has 2 rings (SSSR count). The van der Waals surface area contributed by atoms with Crippen molar-refractivity contribution in [3.63, 3.8) is 0 Å². The fourth-order valence-electron chi connectivity index (χ4n) is 1.53. The van der Waals surface area contributed by atoms with Crippen molar-refractivity contribution in [2.75, 3.05) is 11.5 Å². The maximum Gasteiger partial charge on any atom is 0.344 e. The van der Waals surface area contributed by atoms with Gasteiger partial charge < -0.3 is 5.11 Å². The molecule has 0 aliphatic carbocycles. The maximum atomic E-state index is 11.5. The molecule has 1 atom stereocenters. The Morgan fingerprint density at radius 1 is 1.67 bits per heavy atom. The number of nitrogens with one attached hydrogen (secondary N) is 1. The third kappa shape index (κ3) is 2.64. The second-order valence-electron chi connectivity index (χ2n) is 3.59. The molecule has 1 aliphatic rings. The van der Waals surface area contributed by atoms with Crippen molar-refractivity contribution >= 4 is 27.6 Å². The number of aromatic amines is 1. The number of allylic oxidation sites excluding steroid dienone is 1. The Labute approximate surface area is 106 Å². The fourth-order valence-corrected chi connectivity index (χ4v) is 3.52. The van der Waals surface area contributed by atoms with Crippen LogP contribution in [0, 0.1) is 0 Å². The van der Waals surface area contributed by atoms with Gasteiger partial charge in [-0.1, -0.05) is 11.8 Å². The van der Waals surface area contributed by atoms with Gasteiger partial charge in [0, 0.05) is 5.41 Å². The van der Waals surface area contributed by atoms with Gasteiger partial charge in [-0.25, -0.2) is 18.3 Å². The second kappa shape index (κ2) is 4.61. The van der Waals surface area contributed by atoms with Crippen molar-refractivity contribution < 1.29 is 18.3 Å². The summed E-state index contributed by atoms with van der Waals surface area (Å²) in [6.45, 7) is 0. The van der Waals surface area contributed by atoms with Crippen LogP contribution in [0.15, 0.2) is 21.4 Å². The first-order chi connectivity index (χ1) is 8.39. The molecule has 0 bridgehead atoms. The summed E-state index contributed by atoms with van der Waals surface area (Å²) in [5.41, 5.74) is -0.561. The van der Waals surface area contributed by atoms with Gasteiger partial charge in [-0.3, -0.25) is 9.36 Å². The molecule has 1 unspecified atom stereocenters. The molecule has 98 valence electrons. The third-order valence-corrected chi connectivity index (χ3v) is 4.55. The summed E-state index contributed by atoms with van der Waals surface area (Å²) in [5.74, 6) is -1.52. The number of aromatic nitrogens is 3. The second-order valence-corrected chi connectivity index (χ2v) is 6.46. The number of rotatable bonds is 4. The van der Waals surface area contributed by atoms with E-state index in [4.69, 9.17) is 5.11 Å². The van der Waals surface area contributed by atoms with E-state index in [-0.39, 0.29) is 16.7 Å². The largest absolute Gasteiger partial charge is 0.481 e. The lowest BCUT2D eigenvalue weighted by Crippen LogP contribution is -2.24. The highest BCUT2D eigenvalue weighted by atomic mass is 32.2. The van der Waals surface area contributed by atoms with Crippen molar-refractivity contribution in [2.45, 2.75) is 11.2 Å². The van der Waals surface area contributed by atoms with Crippen molar-refractivity contribution in [2.24, 2.45) is 0 Å². The van der Waals surface area contributed by atoms with Gasteiger partial charge in [-0.15, -0.1) is 5.10 Å². The highest BCUT2D eigenvalue weighted by Gasteiger charge is 2.27. The normalized spacial score (nSPS) is 21.2. The summed E-state index contributed by atoms with van der Waals surface area (Å²) in [7, 11) is -3.29. The Morgan fingerprint density at radius 3 is 2.94 bits per heavy atom. The number of carbonyl (C=O) groups is 1. The van der Waals surface area contributed by atoms with E-state index in [1.165, 1.54) is 6.08 Å². The zero-order chi connectivity index (χ0) is 13.3. The van der Waals surface area contributed by atoms with Gasteiger partial charge in [-0.2, -0.15) is 0 Å². The van der Waals surface area contributed by atoms with Crippen molar-refractivity contribution in [1.82, 2.24) is 14.8 Å². The van der Waals surface area contributed by atoms with Crippen LogP contribution >= 0.6 is 11.8 Å². The predicted octanol–water partition coefficient (Wildman–Crippen LogP) is -0.769. The van der Waals surface area contributed by atoms with Gasteiger partial charge in [0.25, 0.3) is 0 Å². The number of H-pyrrole nitrogens is 1. The number of sulfone groups is 1. The molecule has 8 nitrogen and oxygen atoms in total. The smallest absolute Gasteiger partial charge is 0.344 e. The number of carboxylic acids is 1. The SMILES string of the molecule is O=C(O)CSc1n[nH]c(=O)n1C1C=CS(=O)(=O)C1. The molecular weight excluding hydrogens is 282 g/mol. The van der Waals surface area contributed by atoms with Gasteiger partial charge >= 0.3 is 11.7 Å². The van der Waals surface area contributed by atoms with E-state index in [2.05, 4.69) is 10.2 Å². The van der Waals surface area contributed by atoms with Crippen molar-refractivity contribution in [3.05, 3.63) is 22.0 Å². The zero-order valence-electron chi connectivity index (χ0n) is 8.94. The molecule has 0 fully saturated rings. The zero-order valence-corrected chi connectivity index (χ0v) is 10.6. The summed E-state index contributed by atoms with van der Waals surface area (Å²) in [6, 6.07) is -0.641. The van der Waals surface area contributed by atoms with E-state index >= 15 is 0 Å². The average Bonchev–Trinajstić information content (AvgIpc) is 2.78. The molecule has 18 heavy (non-hydrogen) atoms. The fraction of sp³-hybridized carbons (Fsp3) is 0.375. The molecule has 2 N–H and O–H groups in total. The Kier molecular flexibility index (Phi) is 3.30. The quantitative estimate of drug-likeness (QED) is 0.698. The van der Waals surface area contributed by atoms with Crippen LogP contribution in [0.4, 0.5) is 0 Å². The minimum absolute atomic E-state index is 0.161. The van der Waals surface area contributed by atoms with Crippen LogP contribution in [-0.2, 0) is 14.6 Å². The van der Waals surface area contributed by atoms with Crippen LogP contribution in [0.2, 0.25) is 0 Å². The number of thioether (sulfide) groups is 1. The Morgan fingerprint density at radius 2 is 2.39 bits per heavy atom. The lowest BCUT2D eigenvalue weighted by Gasteiger charge is -2.09. The summed E-state index contributed by atoms with van der Waals surface area (Å²) in [6.07, 6.45) is 1.39. The van der Waals surface area contributed by atoms with Gasteiger partial charge in [0.15, 0.2) is 15.0 Å². The minimum atomic E-state index is -3.29. The maximum absolute atomic E-state index is 11.5. The number of aliphatic carboxylic acids is 1. The molecule has 0 aromatic carbocycles. The van der Waals surface area contributed by atoms with Crippen LogP contribution < -0.4 is 5.69 Å². The van der Waals surface area contributed by atoms with E-state index in [0.717, 1.165) is 21.7 Å². The molecule has 1 aromatic rings. The first-order valence-electron chi connectivity index (χ1n) is 4.81. The molecule has 0 amide bonds.